The van der Waals surface area contributed by atoms with E-state index in [2.05, 4.69) is 39.9 Å². The summed E-state index contributed by atoms with van der Waals surface area (Å²) in [5, 5.41) is 8.20. The first kappa shape index (κ1) is 12.2. The zero-order valence-corrected chi connectivity index (χ0v) is 11.5. The Morgan fingerprint density at radius 2 is 2.33 bits per heavy atom. The van der Waals surface area contributed by atoms with Crippen LogP contribution in [0.5, 0.6) is 0 Å². The van der Waals surface area contributed by atoms with Crippen LogP contribution in [0.25, 0.3) is 0 Å². The molecule has 1 aromatic rings. The van der Waals surface area contributed by atoms with Crippen LogP contribution in [0.1, 0.15) is 31.2 Å². The molecule has 100 valence electrons. The van der Waals surface area contributed by atoms with Crippen molar-refractivity contribution >= 4 is 0 Å². The number of aromatic nitrogens is 2. The zero-order valence-electron chi connectivity index (χ0n) is 11.5. The van der Waals surface area contributed by atoms with Crippen LogP contribution in [0.3, 0.4) is 0 Å². The average Bonchev–Trinajstić information content (AvgIpc) is 2.92. The Kier molecular flexibility index (Phi) is 3.39. The average molecular weight is 248 g/mol. The molecule has 0 radical (unpaired) electrons. The molecular formula is C14H24N4. The summed E-state index contributed by atoms with van der Waals surface area (Å²) in [6.07, 6.45) is 2.75. The van der Waals surface area contributed by atoms with Crippen LogP contribution in [0, 0.1) is 12.8 Å². The number of nitrogens with one attached hydrogen (secondary N) is 1. The van der Waals surface area contributed by atoms with Gasteiger partial charge in [-0.1, -0.05) is 0 Å². The van der Waals surface area contributed by atoms with Crippen molar-refractivity contribution in [2.75, 3.05) is 19.6 Å². The maximum absolute atomic E-state index is 4.54. The van der Waals surface area contributed by atoms with Crippen molar-refractivity contribution < 1.29 is 0 Å². The Balaban J connectivity index is 1.66. The van der Waals surface area contributed by atoms with Crippen molar-refractivity contribution in [3.8, 4) is 0 Å². The van der Waals surface area contributed by atoms with Crippen LogP contribution >= 0.6 is 0 Å². The van der Waals surface area contributed by atoms with Crippen molar-refractivity contribution in [2.45, 2.75) is 45.8 Å². The monoisotopic (exact) mass is 248 g/mol. The van der Waals surface area contributed by atoms with Gasteiger partial charge in [0.15, 0.2) is 0 Å². The predicted molar refractivity (Wildman–Crippen MR) is 72.4 cm³/mol. The summed E-state index contributed by atoms with van der Waals surface area (Å²) in [7, 11) is 0. The smallest absolute Gasteiger partial charge is 0.0597 e. The van der Waals surface area contributed by atoms with E-state index in [1.807, 2.05) is 0 Å². The maximum atomic E-state index is 4.54. The van der Waals surface area contributed by atoms with Gasteiger partial charge in [-0.3, -0.25) is 9.58 Å². The number of fused-ring (bicyclic) bond motifs is 1. The Morgan fingerprint density at radius 3 is 3.11 bits per heavy atom. The summed E-state index contributed by atoms with van der Waals surface area (Å²) in [4.78, 5) is 2.59. The van der Waals surface area contributed by atoms with Crippen molar-refractivity contribution in [3.05, 3.63) is 17.5 Å². The summed E-state index contributed by atoms with van der Waals surface area (Å²) in [6.45, 7) is 9.96. The van der Waals surface area contributed by atoms with E-state index < -0.39 is 0 Å². The highest BCUT2D eigenvalue weighted by atomic mass is 15.3. The van der Waals surface area contributed by atoms with Gasteiger partial charge in [-0.2, -0.15) is 5.10 Å². The molecule has 2 aliphatic rings. The Bertz CT molecular complexity index is 398. The van der Waals surface area contributed by atoms with E-state index >= 15 is 0 Å². The van der Waals surface area contributed by atoms with Gasteiger partial charge >= 0.3 is 0 Å². The lowest BCUT2D eigenvalue weighted by atomic mass is 9.94. The van der Waals surface area contributed by atoms with Gasteiger partial charge in [0.2, 0.25) is 0 Å². The molecule has 2 fully saturated rings. The van der Waals surface area contributed by atoms with Gasteiger partial charge < -0.3 is 5.32 Å². The predicted octanol–water partition coefficient (Wildman–Crippen LogP) is 1.40. The van der Waals surface area contributed by atoms with E-state index in [-0.39, 0.29) is 0 Å². The van der Waals surface area contributed by atoms with E-state index in [0.29, 0.717) is 0 Å². The van der Waals surface area contributed by atoms with Crippen LogP contribution in [0.4, 0.5) is 0 Å². The van der Waals surface area contributed by atoms with Crippen LogP contribution in [-0.4, -0.2) is 40.4 Å². The fourth-order valence-corrected chi connectivity index (χ4v) is 3.49. The lowest BCUT2D eigenvalue weighted by molar-refractivity contribution is 0.302. The molecule has 2 atom stereocenters. The minimum absolute atomic E-state index is 0.734. The van der Waals surface area contributed by atoms with Crippen LogP contribution in [0.15, 0.2) is 6.07 Å². The van der Waals surface area contributed by atoms with Gasteiger partial charge in [0.1, 0.15) is 0 Å². The topological polar surface area (TPSA) is 33.1 Å². The minimum Gasteiger partial charge on any atom is -0.312 e. The van der Waals surface area contributed by atoms with Gasteiger partial charge in [-0.25, -0.2) is 0 Å². The summed E-state index contributed by atoms with van der Waals surface area (Å²) < 4.78 is 2.14. The largest absolute Gasteiger partial charge is 0.312 e. The Hall–Kier alpha value is -0.870. The molecule has 3 heterocycles. The number of hydrogen-bond acceptors (Lipinski definition) is 3. The lowest BCUT2D eigenvalue weighted by Gasteiger charge is -2.24. The quantitative estimate of drug-likeness (QED) is 0.877. The number of likely N-dealkylation sites (tertiary alicyclic amines) is 1. The van der Waals surface area contributed by atoms with E-state index in [9.17, 15) is 0 Å². The number of aryl methyl sites for hydroxylation is 2. The molecule has 1 aromatic heterocycles. The molecule has 0 aromatic carbocycles. The van der Waals surface area contributed by atoms with Crippen LogP contribution < -0.4 is 5.32 Å². The highest BCUT2D eigenvalue weighted by Crippen LogP contribution is 2.26. The molecule has 1 N–H and O–H groups in total. The van der Waals surface area contributed by atoms with E-state index in [1.54, 1.807) is 0 Å². The summed E-state index contributed by atoms with van der Waals surface area (Å²) in [6, 6.07) is 2.97. The number of piperidine rings is 1. The number of rotatable bonds is 3. The summed E-state index contributed by atoms with van der Waals surface area (Å²) in [5.41, 5.74) is 2.51. The second-order valence-electron chi connectivity index (χ2n) is 5.75. The molecule has 4 nitrogen and oxygen atoms in total. The molecule has 0 spiro atoms. The third-order valence-electron chi connectivity index (χ3n) is 4.35. The van der Waals surface area contributed by atoms with Crippen LogP contribution in [0.2, 0.25) is 0 Å². The van der Waals surface area contributed by atoms with Gasteiger partial charge in [0, 0.05) is 32.2 Å². The number of nitrogens with zero attached hydrogens (tertiary/aromatic N) is 3. The first-order valence-corrected chi connectivity index (χ1v) is 7.25. The lowest BCUT2D eigenvalue weighted by Crippen LogP contribution is -2.40. The van der Waals surface area contributed by atoms with Crippen molar-refractivity contribution in [1.82, 2.24) is 20.0 Å². The van der Waals surface area contributed by atoms with Gasteiger partial charge in [-0.15, -0.1) is 0 Å². The first-order valence-electron chi connectivity index (χ1n) is 7.25. The standard InChI is InChI=1S/C14H24N4/c1-3-18-13(7-11(2)16-18)9-17-8-12-5-4-6-15-14(12)10-17/h7,12,14-15H,3-6,8-10H2,1-2H3/t12-,14+/m0/s1. The fraction of sp³-hybridized carbons (Fsp3) is 0.786. The minimum atomic E-state index is 0.734. The van der Waals surface area contributed by atoms with Crippen molar-refractivity contribution in [3.63, 3.8) is 0 Å². The SMILES string of the molecule is CCn1nc(C)cc1CN1C[C@@H]2CCCN[C@@H]2C1. The molecular weight excluding hydrogens is 224 g/mol. The second kappa shape index (κ2) is 5.02. The maximum Gasteiger partial charge on any atom is 0.0597 e. The molecule has 0 unspecified atom stereocenters. The van der Waals surface area contributed by atoms with Crippen molar-refractivity contribution in [1.29, 1.82) is 0 Å². The highest BCUT2D eigenvalue weighted by Gasteiger charge is 2.34. The second-order valence-corrected chi connectivity index (χ2v) is 5.75. The molecule has 0 aliphatic carbocycles. The van der Waals surface area contributed by atoms with Crippen LogP contribution in [-0.2, 0) is 13.1 Å². The summed E-state index contributed by atoms with van der Waals surface area (Å²) in [5.74, 6) is 0.873. The van der Waals surface area contributed by atoms with E-state index in [1.165, 1.54) is 38.2 Å². The molecule has 18 heavy (non-hydrogen) atoms. The van der Waals surface area contributed by atoms with Gasteiger partial charge in [-0.05, 0) is 45.2 Å². The molecule has 0 saturated carbocycles. The van der Waals surface area contributed by atoms with E-state index in [0.717, 1.165) is 30.7 Å². The fourth-order valence-electron chi connectivity index (χ4n) is 3.49. The molecule has 4 heteroatoms. The molecule has 0 amide bonds. The third kappa shape index (κ3) is 2.31. The highest BCUT2D eigenvalue weighted by molar-refractivity contribution is 5.09. The Morgan fingerprint density at radius 1 is 1.44 bits per heavy atom. The molecule has 0 bridgehead atoms. The van der Waals surface area contributed by atoms with Crippen molar-refractivity contribution in [2.24, 2.45) is 5.92 Å². The van der Waals surface area contributed by atoms with Gasteiger partial charge in [0.25, 0.3) is 0 Å². The third-order valence-corrected chi connectivity index (χ3v) is 4.35. The summed E-state index contributed by atoms with van der Waals surface area (Å²) >= 11 is 0. The molecule has 3 rings (SSSR count). The Labute approximate surface area is 109 Å². The first-order chi connectivity index (χ1) is 8.76. The molecule has 2 saturated heterocycles. The number of hydrogen-bond donors (Lipinski definition) is 1. The normalized spacial score (nSPS) is 28.6. The van der Waals surface area contributed by atoms with Gasteiger partial charge in [0.05, 0.1) is 11.4 Å². The molecule has 2 aliphatic heterocycles. The van der Waals surface area contributed by atoms with E-state index in [4.69, 9.17) is 0 Å². The zero-order chi connectivity index (χ0) is 12.5.